The van der Waals surface area contributed by atoms with Gasteiger partial charge in [-0.15, -0.1) is 0 Å². The second-order valence-electron chi connectivity index (χ2n) is 6.23. The molecule has 3 aromatic rings. The Labute approximate surface area is 172 Å². The lowest BCUT2D eigenvalue weighted by atomic mass is 10.1. The standard InChI is InChI=1S/C21H19BrClN3O/c1-14-11-17(15(2)26(14)20-9-5-18(22)6-10-20)13-24-25-21(27)12-16-3-7-19(23)8-4-16/h3-11,13H,12H2,1-2H3,(H,25,27)/b24-13-. The van der Waals surface area contributed by atoms with Crippen LogP contribution in [0.15, 0.2) is 64.2 Å². The lowest BCUT2D eigenvalue weighted by molar-refractivity contribution is -0.120. The van der Waals surface area contributed by atoms with Crippen molar-refractivity contribution in [1.82, 2.24) is 9.99 Å². The van der Waals surface area contributed by atoms with Crippen molar-refractivity contribution in [2.75, 3.05) is 0 Å². The molecule has 0 unspecified atom stereocenters. The molecule has 0 bridgehead atoms. The molecule has 0 atom stereocenters. The highest BCUT2D eigenvalue weighted by molar-refractivity contribution is 9.10. The van der Waals surface area contributed by atoms with Crippen LogP contribution in [-0.2, 0) is 11.2 Å². The summed E-state index contributed by atoms with van der Waals surface area (Å²) in [7, 11) is 0. The molecule has 0 aliphatic carbocycles. The second-order valence-corrected chi connectivity index (χ2v) is 7.59. The van der Waals surface area contributed by atoms with Gasteiger partial charge in [0, 0.05) is 32.1 Å². The third-order valence-electron chi connectivity index (χ3n) is 4.23. The zero-order valence-corrected chi connectivity index (χ0v) is 17.4. The number of nitrogens with one attached hydrogen (secondary N) is 1. The predicted molar refractivity (Wildman–Crippen MR) is 114 cm³/mol. The lowest BCUT2D eigenvalue weighted by Crippen LogP contribution is -2.19. The number of nitrogens with zero attached hydrogens (tertiary/aromatic N) is 2. The van der Waals surface area contributed by atoms with Crippen molar-refractivity contribution in [2.45, 2.75) is 20.3 Å². The van der Waals surface area contributed by atoms with Crippen LogP contribution in [0.4, 0.5) is 0 Å². The fraction of sp³-hybridized carbons (Fsp3) is 0.143. The van der Waals surface area contributed by atoms with Crippen molar-refractivity contribution in [2.24, 2.45) is 5.10 Å². The molecule has 0 saturated heterocycles. The molecule has 1 amide bonds. The molecule has 3 rings (SSSR count). The average molecular weight is 445 g/mol. The minimum Gasteiger partial charge on any atom is -0.318 e. The first-order chi connectivity index (χ1) is 12.9. The number of hydrogen-bond acceptors (Lipinski definition) is 2. The van der Waals surface area contributed by atoms with Crippen LogP contribution in [0.5, 0.6) is 0 Å². The summed E-state index contributed by atoms with van der Waals surface area (Å²) in [6, 6.07) is 17.4. The van der Waals surface area contributed by atoms with Gasteiger partial charge in [0.25, 0.3) is 0 Å². The van der Waals surface area contributed by atoms with Crippen LogP contribution in [0.2, 0.25) is 5.02 Å². The van der Waals surface area contributed by atoms with Crippen molar-refractivity contribution in [1.29, 1.82) is 0 Å². The highest BCUT2D eigenvalue weighted by Crippen LogP contribution is 2.21. The molecule has 138 valence electrons. The molecule has 1 N–H and O–H groups in total. The topological polar surface area (TPSA) is 46.4 Å². The van der Waals surface area contributed by atoms with Crippen molar-refractivity contribution >= 4 is 39.7 Å². The zero-order valence-electron chi connectivity index (χ0n) is 15.0. The maximum Gasteiger partial charge on any atom is 0.244 e. The number of halogens is 2. The third kappa shape index (κ3) is 4.87. The molecule has 0 saturated carbocycles. The minimum absolute atomic E-state index is 0.171. The number of rotatable bonds is 5. The Morgan fingerprint density at radius 3 is 2.48 bits per heavy atom. The summed E-state index contributed by atoms with van der Waals surface area (Å²) in [6.07, 6.45) is 1.93. The number of aryl methyl sites for hydroxylation is 1. The van der Waals surface area contributed by atoms with E-state index in [1.807, 2.05) is 44.2 Å². The highest BCUT2D eigenvalue weighted by atomic mass is 79.9. The number of hydrogen-bond donors (Lipinski definition) is 1. The van der Waals surface area contributed by atoms with Gasteiger partial charge in [-0.3, -0.25) is 4.79 Å². The fourth-order valence-electron chi connectivity index (χ4n) is 2.91. The minimum atomic E-state index is -0.171. The number of aromatic nitrogens is 1. The van der Waals surface area contributed by atoms with Crippen LogP contribution >= 0.6 is 27.5 Å². The van der Waals surface area contributed by atoms with E-state index < -0.39 is 0 Å². The SMILES string of the molecule is Cc1cc(/C=N\NC(=O)Cc2ccc(Cl)cc2)c(C)n1-c1ccc(Br)cc1. The number of carbonyl (C=O) groups excluding carboxylic acids is 1. The molecule has 1 aromatic heterocycles. The van der Waals surface area contributed by atoms with Gasteiger partial charge in [0.1, 0.15) is 0 Å². The van der Waals surface area contributed by atoms with Crippen LogP contribution in [-0.4, -0.2) is 16.7 Å². The third-order valence-corrected chi connectivity index (χ3v) is 5.01. The summed E-state index contributed by atoms with van der Waals surface area (Å²) < 4.78 is 3.20. The first-order valence-electron chi connectivity index (χ1n) is 8.45. The molecule has 1 heterocycles. The summed E-state index contributed by atoms with van der Waals surface area (Å²) in [5.74, 6) is -0.171. The Morgan fingerprint density at radius 1 is 1.15 bits per heavy atom. The zero-order chi connectivity index (χ0) is 19.4. The molecule has 0 aliphatic heterocycles. The van der Waals surface area contributed by atoms with Crippen molar-refractivity contribution in [3.8, 4) is 5.69 Å². The van der Waals surface area contributed by atoms with Crippen LogP contribution in [0, 0.1) is 13.8 Å². The van der Waals surface area contributed by atoms with E-state index in [9.17, 15) is 4.79 Å². The predicted octanol–water partition coefficient (Wildman–Crippen LogP) is 5.20. The Balaban J connectivity index is 1.68. The van der Waals surface area contributed by atoms with Crippen LogP contribution < -0.4 is 5.43 Å². The van der Waals surface area contributed by atoms with E-state index in [0.717, 1.165) is 32.7 Å². The number of hydrazone groups is 1. The lowest BCUT2D eigenvalue weighted by Gasteiger charge is -2.09. The summed E-state index contributed by atoms with van der Waals surface area (Å²) in [5, 5.41) is 4.76. The molecule has 0 spiro atoms. The quantitative estimate of drug-likeness (QED) is 0.426. The molecule has 0 radical (unpaired) electrons. The van der Waals surface area contributed by atoms with Gasteiger partial charge in [0.15, 0.2) is 0 Å². The van der Waals surface area contributed by atoms with Gasteiger partial charge in [-0.2, -0.15) is 5.10 Å². The normalized spacial score (nSPS) is 11.1. The van der Waals surface area contributed by atoms with E-state index in [4.69, 9.17) is 11.6 Å². The van der Waals surface area contributed by atoms with Gasteiger partial charge in [0.2, 0.25) is 5.91 Å². The fourth-order valence-corrected chi connectivity index (χ4v) is 3.30. The van der Waals surface area contributed by atoms with Crippen LogP contribution in [0.3, 0.4) is 0 Å². The Hall–Kier alpha value is -2.37. The average Bonchev–Trinajstić information content (AvgIpc) is 2.92. The molecule has 0 fully saturated rings. The maximum absolute atomic E-state index is 12.0. The van der Waals surface area contributed by atoms with E-state index in [-0.39, 0.29) is 12.3 Å². The summed E-state index contributed by atoms with van der Waals surface area (Å²) in [4.78, 5) is 12.0. The molecular weight excluding hydrogens is 426 g/mol. The molecule has 2 aromatic carbocycles. The van der Waals surface area contributed by atoms with Crippen molar-refractivity contribution in [3.05, 3.63) is 86.6 Å². The Kier molecular flexibility index (Phi) is 6.14. The Bertz CT molecular complexity index is 976. The Morgan fingerprint density at radius 2 is 1.81 bits per heavy atom. The summed E-state index contributed by atoms with van der Waals surface area (Å²) in [5.41, 5.74) is 7.67. The van der Waals surface area contributed by atoms with Gasteiger partial charge in [-0.05, 0) is 61.9 Å². The smallest absolute Gasteiger partial charge is 0.244 e. The van der Waals surface area contributed by atoms with Gasteiger partial charge < -0.3 is 4.57 Å². The number of amides is 1. The first kappa shape index (κ1) is 19.4. The maximum atomic E-state index is 12.0. The van der Waals surface area contributed by atoms with E-state index in [1.165, 1.54) is 0 Å². The molecule has 27 heavy (non-hydrogen) atoms. The molecule has 4 nitrogen and oxygen atoms in total. The largest absolute Gasteiger partial charge is 0.318 e. The number of benzene rings is 2. The second kappa shape index (κ2) is 8.55. The van der Waals surface area contributed by atoms with Crippen molar-refractivity contribution < 1.29 is 4.79 Å². The number of carbonyl (C=O) groups is 1. The highest BCUT2D eigenvalue weighted by Gasteiger charge is 2.09. The van der Waals surface area contributed by atoms with Gasteiger partial charge >= 0.3 is 0 Å². The summed E-state index contributed by atoms with van der Waals surface area (Å²) >= 11 is 9.31. The molecule has 6 heteroatoms. The van der Waals surface area contributed by atoms with Crippen LogP contribution in [0.25, 0.3) is 5.69 Å². The molecule has 0 aliphatic rings. The van der Waals surface area contributed by atoms with Gasteiger partial charge in [-0.25, -0.2) is 5.43 Å². The first-order valence-corrected chi connectivity index (χ1v) is 9.62. The van der Waals surface area contributed by atoms with E-state index in [1.54, 1.807) is 18.3 Å². The van der Waals surface area contributed by atoms with E-state index >= 15 is 0 Å². The van der Waals surface area contributed by atoms with Crippen molar-refractivity contribution in [3.63, 3.8) is 0 Å². The van der Waals surface area contributed by atoms with Crippen LogP contribution in [0.1, 0.15) is 22.5 Å². The monoisotopic (exact) mass is 443 g/mol. The van der Waals surface area contributed by atoms with E-state index in [0.29, 0.717) is 5.02 Å². The summed E-state index contributed by atoms with van der Waals surface area (Å²) in [6.45, 7) is 4.08. The van der Waals surface area contributed by atoms with Gasteiger partial charge in [-0.1, -0.05) is 39.7 Å². The van der Waals surface area contributed by atoms with E-state index in [2.05, 4.69) is 43.2 Å². The molecular formula is C21H19BrClN3O. The van der Waals surface area contributed by atoms with Gasteiger partial charge in [0.05, 0.1) is 12.6 Å².